The van der Waals surface area contributed by atoms with Crippen molar-refractivity contribution < 1.29 is 42.8 Å². The lowest BCUT2D eigenvalue weighted by atomic mass is 9.63. The van der Waals surface area contributed by atoms with Crippen molar-refractivity contribution in [3.8, 4) is 0 Å². The van der Waals surface area contributed by atoms with Crippen LogP contribution in [-0.4, -0.2) is 95.4 Å². The predicted octanol–water partition coefficient (Wildman–Crippen LogP) is 5.20. The van der Waals surface area contributed by atoms with Crippen LogP contribution >= 0.6 is 15.9 Å². The summed E-state index contributed by atoms with van der Waals surface area (Å²) in [4.78, 5) is 44.8. The number of nitrogens with one attached hydrogen (secondary N) is 2. The van der Waals surface area contributed by atoms with Crippen molar-refractivity contribution >= 4 is 44.7 Å². The van der Waals surface area contributed by atoms with Crippen molar-refractivity contribution in [1.82, 2.24) is 10.2 Å². The van der Waals surface area contributed by atoms with Crippen molar-refractivity contribution in [2.75, 3.05) is 26.3 Å². The fraction of sp³-hybridized carbons (Fsp3) is 0.525. The normalized spacial score (nSPS) is 37.7. The molecule has 2 aromatic carbocycles. The molecule has 2 amide bonds. The van der Waals surface area contributed by atoms with Gasteiger partial charge >= 0.3 is 0 Å². The van der Waals surface area contributed by atoms with Crippen LogP contribution < -0.4 is 5.32 Å². The number of imide groups is 1. The quantitative estimate of drug-likeness (QED) is 0.142. The number of carbonyl (C=O) groups excluding carboxylic acids is 3. The average molecular weight is 806 g/mol. The SMILES string of the molecule is CC1(C)OCC2OC(OCCN/C=C(/CN3C(=O)C4C5(C)C(=O)C(C)(C(c6ccccc6)=C5c5ccccc5)C4(Br)C3=O)N=N)C3OC(C)(C)OC3C2O1. The van der Waals surface area contributed by atoms with Gasteiger partial charge in [0, 0.05) is 12.7 Å². The van der Waals surface area contributed by atoms with E-state index in [1.54, 1.807) is 13.8 Å². The number of hydrogen-bond acceptors (Lipinski definition) is 12. The van der Waals surface area contributed by atoms with E-state index in [1.807, 2.05) is 88.4 Å². The van der Waals surface area contributed by atoms with E-state index in [1.165, 1.54) is 6.20 Å². The Hall–Kier alpha value is -3.63. The highest BCUT2D eigenvalue weighted by Gasteiger charge is 2.85. The number of amides is 2. The van der Waals surface area contributed by atoms with Crippen LogP contribution in [0.5, 0.6) is 0 Å². The maximum absolute atomic E-state index is 14.7. The summed E-state index contributed by atoms with van der Waals surface area (Å²) in [6, 6.07) is 19.2. The molecule has 9 unspecified atom stereocenters. The third-order valence-electron chi connectivity index (χ3n) is 11.8. The molecule has 1 saturated carbocycles. The number of Topliss-reactive ketones (excluding diaryl/α,β-unsaturated/α-hetero) is 1. The second kappa shape index (κ2) is 13.0. The second-order valence-electron chi connectivity index (χ2n) is 16.0. The van der Waals surface area contributed by atoms with E-state index >= 15 is 0 Å². The summed E-state index contributed by atoms with van der Waals surface area (Å²) in [5.41, 5.74) is 8.51. The highest BCUT2D eigenvalue weighted by molar-refractivity contribution is 9.10. The summed E-state index contributed by atoms with van der Waals surface area (Å²) in [6.07, 6.45) is -1.00. The molecule has 54 heavy (non-hydrogen) atoms. The molecule has 13 nitrogen and oxygen atoms in total. The van der Waals surface area contributed by atoms with Gasteiger partial charge in [0.05, 0.1) is 42.2 Å². The fourth-order valence-corrected chi connectivity index (χ4v) is 10.8. The number of hydrogen-bond donors (Lipinski definition) is 2. The summed E-state index contributed by atoms with van der Waals surface area (Å²) in [6.45, 7) is 11.5. The zero-order chi connectivity index (χ0) is 38.4. The van der Waals surface area contributed by atoms with Gasteiger partial charge in [0.1, 0.15) is 28.7 Å². The fourth-order valence-electron chi connectivity index (χ4n) is 9.58. The van der Waals surface area contributed by atoms with Gasteiger partial charge in [0.2, 0.25) is 11.8 Å². The van der Waals surface area contributed by atoms with E-state index in [0.717, 1.165) is 27.2 Å². The van der Waals surface area contributed by atoms with Crippen LogP contribution in [0.25, 0.3) is 11.1 Å². The van der Waals surface area contributed by atoms with E-state index in [4.69, 9.17) is 34.0 Å². The third-order valence-corrected chi connectivity index (χ3v) is 13.4. The number of nitrogens with zero attached hydrogens (tertiary/aromatic N) is 2. The molecule has 4 saturated heterocycles. The monoisotopic (exact) mass is 804 g/mol. The minimum atomic E-state index is -1.54. The molecule has 0 radical (unpaired) electrons. The first kappa shape index (κ1) is 37.3. The van der Waals surface area contributed by atoms with Crippen LogP contribution in [0.2, 0.25) is 0 Å². The summed E-state index contributed by atoms with van der Waals surface area (Å²) in [5.74, 6) is -3.84. The Labute approximate surface area is 322 Å². The first-order chi connectivity index (χ1) is 25.6. The number of alkyl halides is 1. The summed E-state index contributed by atoms with van der Waals surface area (Å²) in [7, 11) is 0. The zero-order valence-electron chi connectivity index (χ0n) is 31.1. The first-order valence-electron chi connectivity index (χ1n) is 18.3. The van der Waals surface area contributed by atoms with Crippen molar-refractivity contribution in [3.05, 3.63) is 83.7 Å². The van der Waals surface area contributed by atoms with Crippen molar-refractivity contribution in [2.24, 2.45) is 21.9 Å². The van der Waals surface area contributed by atoms with Crippen LogP contribution in [0.3, 0.4) is 0 Å². The summed E-state index contributed by atoms with van der Waals surface area (Å²) >= 11 is 3.78. The number of carbonyl (C=O) groups is 3. The topological polar surface area (TPSA) is 158 Å². The van der Waals surface area contributed by atoms with E-state index < -0.39 is 69.1 Å². The lowest BCUT2D eigenvalue weighted by molar-refractivity contribution is -0.370. The van der Waals surface area contributed by atoms with Gasteiger partial charge in [-0.15, -0.1) is 0 Å². The largest absolute Gasteiger partial charge is 0.387 e. The van der Waals surface area contributed by atoms with Crippen LogP contribution in [0.15, 0.2) is 77.7 Å². The Balaban J connectivity index is 0.982. The molecule has 0 spiro atoms. The number of likely N-dealkylation sites (tertiary alicyclic amines) is 1. The smallest absolute Gasteiger partial charge is 0.248 e. The van der Waals surface area contributed by atoms with E-state index in [-0.39, 0.29) is 37.3 Å². The molecule has 9 atom stereocenters. The van der Waals surface area contributed by atoms with Crippen molar-refractivity contribution in [3.63, 3.8) is 0 Å². The van der Waals surface area contributed by atoms with Gasteiger partial charge in [-0.1, -0.05) is 76.6 Å². The minimum Gasteiger partial charge on any atom is -0.387 e. The number of rotatable bonds is 10. The maximum Gasteiger partial charge on any atom is 0.248 e. The molecule has 286 valence electrons. The van der Waals surface area contributed by atoms with Crippen molar-refractivity contribution in [1.29, 1.82) is 5.53 Å². The molecular weight excluding hydrogens is 760 g/mol. The molecule has 5 fully saturated rings. The number of ether oxygens (including phenoxy) is 6. The lowest BCUT2D eigenvalue weighted by Crippen LogP contribution is -2.64. The Morgan fingerprint density at radius 3 is 2.17 bits per heavy atom. The summed E-state index contributed by atoms with van der Waals surface area (Å²) in [5, 5.41) is 6.74. The molecule has 4 aliphatic heterocycles. The lowest BCUT2D eigenvalue weighted by Gasteiger charge is -2.48. The van der Waals surface area contributed by atoms with Gasteiger partial charge in [-0.05, 0) is 63.8 Å². The minimum absolute atomic E-state index is 0.145. The molecule has 6 aliphatic rings. The van der Waals surface area contributed by atoms with Gasteiger partial charge in [-0.3, -0.25) is 19.3 Å². The van der Waals surface area contributed by atoms with Gasteiger partial charge < -0.3 is 33.7 Å². The average Bonchev–Trinajstić information content (AvgIpc) is 3.69. The predicted molar refractivity (Wildman–Crippen MR) is 197 cm³/mol. The number of fused-ring (bicyclic) bond motifs is 8. The van der Waals surface area contributed by atoms with Crippen molar-refractivity contribution in [2.45, 2.75) is 88.1 Å². The molecule has 2 N–H and O–H groups in total. The Morgan fingerprint density at radius 2 is 1.52 bits per heavy atom. The molecule has 2 bridgehead atoms. The van der Waals surface area contributed by atoms with Crippen LogP contribution in [0.4, 0.5) is 0 Å². The van der Waals surface area contributed by atoms with Gasteiger partial charge in [-0.25, -0.2) is 5.53 Å². The molecule has 0 aromatic heterocycles. The first-order valence-corrected chi connectivity index (χ1v) is 19.1. The number of ketones is 1. The number of allylic oxidation sites excluding steroid dienone is 2. The standard InChI is InChI=1S/C40H45BrN4O9/c1-36(2)50-21-25-28(52-36)29-30(54-37(3,4)53-29)33(51-25)49-18-17-43-19-24(44-42)20-45-32(46)31-38(5)26(22-13-9-7-10-14-22)27(23-15-11-8-12-16-23)39(6,34(38)47)40(31,41)35(45)48/h7-16,19,25,28-31,33,42-43H,17-18,20-21H2,1-6H3/b24-19-,44-42?. The number of halogens is 1. The highest BCUT2D eigenvalue weighted by Crippen LogP contribution is 2.77. The van der Waals surface area contributed by atoms with E-state index in [0.29, 0.717) is 6.61 Å². The van der Waals surface area contributed by atoms with E-state index in [9.17, 15) is 14.4 Å². The Bertz CT molecular complexity index is 1960. The van der Waals surface area contributed by atoms with Crippen LogP contribution in [0, 0.1) is 22.3 Å². The van der Waals surface area contributed by atoms with Gasteiger partial charge in [0.15, 0.2) is 23.6 Å². The second-order valence-corrected chi connectivity index (χ2v) is 17.2. The molecule has 4 heterocycles. The molecule has 8 rings (SSSR count). The molecule has 2 aromatic rings. The Kier molecular flexibility index (Phi) is 8.96. The summed E-state index contributed by atoms with van der Waals surface area (Å²) < 4.78 is 35.2. The van der Waals surface area contributed by atoms with E-state index in [2.05, 4.69) is 26.4 Å². The molecule has 14 heteroatoms. The third kappa shape index (κ3) is 5.35. The van der Waals surface area contributed by atoms with Crippen LogP contribution in [0.1, 0.15) is 52.7 Å². The van der Waals surface area contributed by atoms with Crippen LogP contribution in [-0.2, 0) is 42.8 Å². The molecule has 2 aliphatic carbocycles. The number of benzene rings is 2. The molecular formula is C40H45BrN4O9. The van der Waals surface area contributed by atoms with Gasteiger partial charge in [0.25, 0.3) is 0 Å². The maximum atomic E-state index is 14.7. The highest BCUT2D eigenvalue weighted by atomic mass is 79.9. The zero-order valence-corrected chi connectivity index (χ0v) is 32.7. The van der Waals surface area contributed by atoms with Gasteiger partial charge in [-0.2, -0.15) is 5.11 Å². The Morgan fingerprint density at radius 1 is 0.907 bits per heavy atom.